The monoisotopic (exact) mass is 472 g/mol. The van der Waals surface area contributed by atoms with Crippen molar-refractivity contribution >= 4 is 23.2 Å². The van der Waals surface area contributed by atoms with E-state index < -0.39 is 9.75 Å². The first-order valence-corrected chi connectivity index (χ1v) is 13.3. The fraction of sp³-hybridized carbons (Fsp3) is 0.846. The third-order valence-electron chi connectivity index (χ3n) is 6.97. The van der Waals surface area contributed by atoms with Gasteiger partial charge in [-0.3, -0.25) is 4.79 Å². The number of H-pyrrole nitrogens is 1. The largest absolute Gasteiger partial charge is 0.268 e. The van der Waals surface area contributed by atoms with E-state index in [9.17, 15) is 4.79 Å². The predicted octanol–water partition coefficient (Wildman–Crippen LogP) is 8.58. The van der Waals surface area contributed by atoms with E-state index in [0.717, 1.165) is 37.8 Å². The first kappa shape index (κ1) is 28.5. The molecule has 0 amide bonds. The van der Waals surface area contributed by atoms with Crippen LogP contribution < -0.4 is 5.56 Å². The second-order valence-corrected chi connectivity index (χ2v) is 11.5. The number of aromatic amines is 1. The molecular weight excluding hydrogens is 427 g/mol. The van der Waals surface area contributed by atoms with Gasteiger partial charge in [-0.05, 0) is 30.7 Å². The Labute approximate surface area is 201 Å². The molecular formula is C26H46Cl2N2O. The molecule has 0 spiro atoms. The number of halogens is 2. The van der Waals surface area contributed by atoms with Crippen LogP contribution in [-0.2, 0) is 5.41 Å². The molecule has 0 radical (unpaired) electrons. The van der Waals surface area contributed by atoms with Crippen LogP contribution in [0.15, 0.2) is 16.9 Å². The summed E-state index contributed by atoms with van der Waals surface area (Å²) in [5.41, 5.74) is 0.0505. The average molecular weight is 474 g/mol. The summed E-state index contributed by atoms with van der Waals surface area (Å²) in [4.78, 5) is 11.6. The van der Waals surface area contributed by atoms with E-state index in [2.05, 4.69) is 44.8 Å². The Morgan fingerprint density at radius 3 is 2.00 bits per heavy atom. The highest BCUT2D eigenvalue weighted by molar-refractivity contribution is 6.49. The summed E-state index contributed by atoms with van der Waals surface area (Å²) in [6.45, 7) is 11.1. The van der Waals surface area contributed by atoms with Gasteiger partial charge in [0, 0.05) is 11.5 Å². The van der Waals surface area contributed by atoms with Crippen LogP contribution in [0.2, 0.25) is 0 Å². The lowest BCUT2D eigenvalue weighted by atomic mass is 9.69. The van der Waals surface area contributed by atoms with Gasteiger partial charge in [0.2, 0.25) is 0 Å². The van der Waals surface area contributed by atoms with Crippen LogP contribution in [-0.4, -0.2) is 14.5 Å². The molecule has 1 heterocycles. The second-order valence-electron chi connectivity index (χ2n) is 10.0. The molecule has 0 saturated heterocycles. The highest BCUT2D eigenvalue weighted by Crippen LogP contribution is 2.51. The Kier molecular flexibility index (Phi) is 13.4. The molecule has 0 saturated carbocycles. The molecule has 0 aromatic carbocycles. The van der Waals surface area contributed by atoms with Crippen molar-refractivity contribution < 1.29 is 0 Å². The van der Waals surface area contributed by atoms with Gasteiger partial charge < -0.3 is 0 Å². The lowest BCUT2D eigenvalue weighted by Gasteiger charge is -2.44. The maximum atomic E-state index is 11.6. The normalized spacial score (nSPS) is 15.2. The van der Waals surface area contributed by atoms with E-state index in [4.69, 9.17) is 23.2 Å². The zero-order valence-corrected chi connectivity index (χ0v) is 22.1. The van der Waals surface area contributed by atoms with Crippen LogP contribution in [0.5, 0.6) is 0 Å². The summed E-state index contributed by atoms with van der Waals surface area (Å²) in [5.74, 6) is 0.932. The van der Waals surface area contributed by atoms with Crippen LogP contribution in [0.25, 0.3) is 0 Å². The molecule has 5 heteroatoms. The second kappa shape index (κ2) is 14.6. The van der Waals surface area contributed by atoms with E-state index in [0.29, 0.717) is 5.92 Å². The molecule has 0 aliphatic carbocycles. The number of unbranched alkanes of at least 4 members (excludes halogenated alkanes) is 8. The summed E-state index contributed by atoms with van der Waals surface area (Å²) in [5, 5.41) is 6.96. The standard InChI is InChI=1S/C26H46Cl2N2O/c1-6-7-8-9-10-11-12-13-14-20-26(27,28)25(5,22(4)17-15-16-21(2)3)23-18-19-24(31)30-29-23/h18-19,21-22H,6-17,20H2,1-5H3,(H,30,31). The van der Waals surface area contributed by atoms with Crippen LogP contribution in [0.3, 0.4) is 0 Å². The number of rotatable bonds is 17. The lowest BCUT2D eigenvalue weighted by Crippen LogP contribution is -2.47. The van der Waals surface area contributed by atoms with E-state index in [1.807, 2.05) is 0 Å². The summed E-state index contributed by atoms with van der Waals surface area (Å²) >= 11 is 14.2. The zero-order valence-electron chi connectivity index (χ0n) is 20.6. The first-order valence-electron chi connectivity index (χ1n) is 12.6. The third kappa shape index (κ3) is 9.46. The highest BCUT2D eigenvalue weighted by atomic mass is 35.5. The Morgan fingerprint density at radius 1 is 0.903 bits per heavy atom. The number of aromatic nitrogens is 2. The van der Waals surface area contributed by atoms with Crippen LogP contribution in [0.4, 0.5) is 0 Å². The summed E-state index contributed by atoms with van der Waals surface area (Å²) in [6, 6.07) is 3.33. The summed E-state index contributed by atoms with van der Waals surface area (Å²) in [6.07, 6.45) is 15.5. The molecule has 180 valence electrons. The molecule has 31 heavy (non-hydrogen) atoms. The molecule has 0 aliphatic rings. The van der Waals surface area contributed by atoms with Crippen molar-refractivity contribution in [1.29, 1.82) is 0 Å². The van der Waals surface area contributed by atoms with Gasteiger partial charge in [0.05, 0.1) is 5.69 Å². The Balaban J connectivity index is 2.74. The van der Waals surface area contributed by atoms with Crippen molar-refractivity contribution in [2.75, 3.05) is 0 Å². The van der Waals surface area contributed by atoms with E-state index >= 15 is 0 Å². The zero-order chi connectivity index (χ0) is 23.3. The lowest BCUT2D eigenvalue weighted by molar-refractivity contribution is 0.236. The van der Waals surface area contributed by atoms with Gasteiger partial charge in [-0.25, -0.2) is 5.10 Å². The van der Waals surface area contributed by atoms with Gasteiger partial charge in [0.15, 0.2) is 0 Å². The molecule has 0 aliphatic heterocycles. The Morgan fingerprint density at radius 2 is 1.48 bits per heavy atom. The molecule has 0 fully saturated rings. The van der Waals surface area contributed by atoms with Crippen molar-refractivity contribution in [3.05, 3.63) is 28.2 Å². The van der Waals surface area contributed by atoms with Crippen molar-refractivity contribution in [2.24, 2.45) is 11.8 Å². The molecule has 1 aromatic rings. The van der Waals surface area contributed by atoms with Crippen molar-refractivity contribution in [3.8, 4) is 0 Å². The fourth-order valence-corrected chi connectivity index (χ4v) is 5.31. The molecule has 1 N–H and O–H groups in total. The smallest absolute Gasteiger partial charge is 0.264 e. The number of nitrogens with zero attached hydrogens (tertiary/aromatic N) is 1. The van der Waals surface area contributed by atoms with Gasteiger partial charge in [0.1, 0.15) is 4.33 Å². The SMILES string of the molecule is CCCCCCCCCCCC(Cl)(Cl)C(C)(c1ccc(=O)[nH]n1)C(C)CCCC(C)C. The maximum Gasteiger partial charge on any atom is 0.264 e. The van der Waals surface area contributed by atoms with Crippen molar-refractivity contribution in [2.45, 2.75) is 128 Å². The van der Waals surface area contributed by atoms with Crippen molar-refractivity contribution in [3.63, 3.8) is 0 Å². The molecule has 2 atom stereocenters. The topological polar surface area (TPSA) is 45.8 Å². The number of hydrogen-bond acceptors (Lipinski definition) is 2. The number of alkyl halides is 2. The Hall–Kier alpha value is -0.540. The predicted molar refractivity (Wildman–Crippen MR) is 136 cm³/mol. The van der Waals surface area contributed by atoms with Crippen LogP contribution >= 0.6 is 23.2 Å². The van der Waals surface area contributed by atoms with Gasteiger partial charge in [-0.1, -0.05) is 105 Å². The molecule has 1 aromatic heterocycles. The van der Waals surface area contributed by atoms with E-state index in [1.165, 1.54) is 57.4 Å². The minimum absolute atomic E-state index is 0.202. The molecule has 3 nitrogen and oxygen atoms in total. The average Bonchev–Trinajstić information content (AvgIpc) is 2.72. The summed E-state index contributed by atoms with van der Waals surface area (Å²) in [7, 11) is 0. The number of nitrogens with one attached hydrogen (secondary N) is 1. The molecule has 2 unspecified atom stereocenters. The fourth-order valence-electron chi connectivity index (χ4n) is 4.47. The minimum Gasteiger partial charge on any atom is -0.268 e. The molecule has 0 bridgehead atoms. The minimum atomic E-state index is -0.934. The van der Waals surface area contributed by atoms with E-state index in [-0.39, 0.29) is 11.5 Å². The van der Waals surface area contributed by atoms with Gasteiger partial charge >= 0.3 is 0 Å². The van der Waals surface area contributed by atoms with Crippen LogP contribution in [0.1, 0.15) is 124 Å². The summed E-state index contributed by atoms with van der Waals surface area (Å²) < 4.78 is -0.934. The van der Waals surface area contributed by atoms with Crippen molar-refractivity contribution in [1.82, 2.24) is 10.2 Å². The van der Waals surface area contributed by atoms with Crippen LogP contribution in [0, 0.1) is 11.8 Å². The van der Waals surface area contributed by atoms with Gasteiger partial charge in [-0.2, -0.15) is 5.10 Å². The van der Waals surface area contributed by atoms with Gasteiger partial charge in [0.25, 0.3) is 5.56 Å². The van der Waals surface area contributed by atoms with E-state index in [1.54, 1.807) is 6.07 Å². The quantitative estimate of drug-likeness (QED) is 0.182. The van der Waals surface area contributed by atoms with Gasteiger partial charge in [-0.15, -0.1) is 23.2 Å². The Bertz CT molecular complexity index is 639. The number of hydrogen-bond donors (Lipinski definition) is 1. The first-order chi connectivity index (χ1) is 14.6. The maximum absolute atomic E-state index is 11.6. The molecule has 1 rings (SSSR count). The third-order valence-corrected chi connectivity index (χ3v) is 8.13. The highest BCUT2D eigenvalue weighted by Gasteiger charge is 2.51.